The molecule has 1 atom stereocenters. The van der Waals surface area contributed by atoms with E-state index < -0.39 is 23.7 Å². The molecule has 0 aliphatic carbocycles. The third kappa shape index (κ3) is 7.57. The summed E-state index contributed by atoms with van der Waals surface area (Å²) in [6.07, 6.45) is -0.492. The Labute approximate surface area is 102 Å². The Bertz CT molecular complexity index is 273. The highest BCUT2D eigenvalue weighted by Gasteiger charge is 2.18. The average molecular weight is 246 g/mol. The van der Waals surface area contributed by atoms with Crippen LogP contribution in [0.25, 0.3) is 0 Å². The second kappa shape index (κ2) is 6.44. The Hall–Kier alpha value is -1.30. The molecule has 0 fully saturated rings. The monoisotopic (exact) mass is 246 g/mol. The topological polar surface area (TPSA) is 78.9 Å². The zero-order valence-electron chi connectivity index (χ0n) is 11.1. The van der Waals surface area contributed by atoms with E-state index in [0.717, 1.165) is 0 Å². The smallest absolute Gasteiger partial charge is 0.407 e. The first-order chi connectivity index (χ1) is 7.63. The highest BCUT2D eigenvalue weighted by molar-refractivity contribution is 5.72. The van der Waals surface area contributed by atoms with Crippen LogP contribution in [0, 0.1) is 0 Å². The largest absolute Gasteiger partial charge is 0.480 e. The van der Waals surface area contributed by atoms with Crippen LogP contribution in [0.3, 0.4) is 0 Å². The van der Waals surface area contributed by atoms with Gasteiger partial charge in [-0.3, -0.25) is 9.69 Å². The fourth-order valence-electron chi connectivity index (χ4n) is 1.03. The molecular weight excluding hydrogens is 224 g/mol. The van der Waals surface area contributed by atoms with Crippen LogP contribution in [0.5, 0.6) is 0 Å². The SMILES string of the molecule is CC(C(=O)O)N(C)CCNC(=O)OC(C)(C)C. The Balaban J connectivity index is 3.85. The molecule has 0 saturated heterocycles. The maximum Gasteiger partial charge on any atom is 0.407 e. The molecule has 0 aliphatic rings. The van der Waals surface area contributed by atoms with Crippen molar-refractivity contribution in [1.29, 1.82) is 0 Å². The summed E-state index contributed by atoms with van der Waals surface area (Å²) in [5, 5.41) is 11.3. The number of nitrogens with zero attached hydrogens (tertiary/aromatic N) is 1. The number of amides is 1. The van der Waals surface area contributed by atoms with Gasteiger partial charge in [0.25, 0.3) is 0 Å². The van der Waals surface area contributed by atoms with E-state index in [9.17, 15) is 9.59 Å². The molecule has 0 bridgehead atoms. The summed E-state index contributed by atoms with van der Waals surface area (Å²) >= 11 is 0. The number of carbonyl (C=O) groups is 2. The number of carboxylic acid groups (broad SMARTS) is 1. The fraction of sp³-hybridized carbons (Fsp3) is 0.818. The number of hydrogen-bond acceptors (Lipinski definition) is 4. The van der Waals surface area contributed by atoms with Crippen LogP contribution in [0.1, 0.15) is 27.7 Å². The van der Waals surface area contributed by atoms with Gasteiger partial charge in [0.15, 0.2) is 0 Å². The zero-order valence-corrected chi connectivity index (χ0v) is 11.1. The molecule has 100 valence electrons. The summed E-state index contributed by atoms with van der Waals surface area (Å²) in [7, 11) is 1.69. The first kappa shape index (κ1) is 15.7. The molecule has 2 N–H and O–H groups in total. The van der Waals surface area contributed by atoms with E-state index in [0.29, 0.717) is 13.1 Å². The summed E-state index contributed by atoms with van der Waals surface area (Å²) in [6, 6.07) is -0.574. The molecular formula is C11H22N2O4. The summed E-state index contributed by atoms with van der Waals surface area (Å²) in [6.45, 7) is 7.74. The standard InChI is InChI=1S/C11H22N2O4/c1-8(9(14)15)13(5)7-6-12-10(16)17-11(2,3)4/h8H,6-7H2,1-5H3,(H,12,16)(H,14,15). The Kier molecular flexibility index (Phi) is 5.95. The molecule has 0 aliphatic heterocycles. The van der Waals surface area contributed by atoms with Gasteiger partial charge in [0.2, 0.25) is 0 Å². The molecule has 0 radical (unpaired) electrons. The molecule has 0 heterocycles. The molecule has 0 spiro atoms. The van der Waals surface area contributed by atoms with E-state index in [1.54, 1.807) is 39.6 Å². The van der Waals surface area contributed by atoms with Gasteiger partial charge in [-0.05, 0) is 34.7 Å². The Morgan fingerprint density at radius 2 is 1.94 bits per heavy atom. The third-order valence-electron chi connectivity index (χ3n) is 2.15. The zero-order chi connectivity index (χ0) is 13.6. The number of likely N-dealkylation sites (N-methyl/N-ethyl adjacent to an activating group) is 1. The molecule has 6 nitrogen and oxygen atoms in total. The lowest BCUT2D eigenvalue weighted by Crippen LogP contribution is -2.42. The maximum absolute atomic E-state index is 11.3. The number of nitrogens with one attached hydrogen (secondary N) is 1. The van der Waals surface area contributed by atoms with Crippen molar-refractivity contribution in [3.05, 3.63) is 0 Å². The quantitative estimate of drug-likeness (QED) is 0.754. The first-order valence-electron chi connectivity index (χ1n) is 5.53. The summed E-state index contributed by atoms with van der Waals surface area (Å²) in [5.74, 6) is -0.884. The predicted octanol–water partition coefficient (Wildman–Crippen LogP) is 0.916. The molecule has 0 aromatic rings. The average Bonchev–Trinajstić information content (AvgIpc) is 2.13. The normalized spacial score (nSPS) is 13.3. The number of aliphatic carboxylic acids is 1. The van der Waals surface area contributed by atoms with Gasteiger partial charge in [-0.1, -0.05) is 0 Å². The van der Waals surface area contributed by atoms with E-state index in [1.165, 1.54) is 0 Å². The van der Waals surface area contributed by atoms with Gasteiger partial charge < -0.3 is 15.2 Å². The second-order valence-corrected chi connectivity index (χ2v) is 4.92. The molecule has 0 aromatic heterocycles. The van der Waals surface area contributed by atoms with Crippen LogP contribution in [0.2, 0.25) is 0 Å². The van der Waals surface area contributed by atoms with Crippen molar-refractivity contribution < 1.29 is 19.4 Å². The van der Waals surface area contributed by atoms with Gasteiger partial charge >= 0.3 is 12.1 Å². The van der Waals surface area contributed by atoms with E-state index in [-0.39, 0.29) is 0 Å². The number of ether oxygens (including phenoxy) is 1. The summed E-state index contributed by atoms with van der Waals surface area (Å²) in [5.41, 5.74) is -0.523. The molecule has 6 heteroatoms. The van der Waals surface area contributed by atoms with Crippen LogP contribution in [-0.4, -0.2) is 53.8 Å². The Morgan fingerprint density at radius 1 is 1.41 bits per heavy atom. The highest BCUT2D eigenvalue weighted by Crippen LogP contribution is 2.06. The van der Waals surface area contributed by atoms with Crippen LogP contribution >= 0.6 is 0 Å². The number of alkyl carbamates (subject to hydrolysis) is 1. The highest BCUT2D eigenvalue weighted by atomic mass is 16.6. The molecule has 17 heavy (non-hydrogen) atoms. The van der Waals surface area contributed by atoms with Gasteiger partial charge in [-0.25, -0.2) is 4.79 Å². The van der Waals surface area contributed by atoms with Crippen LogP contribution < -0.4 is 5.32 Å². The lowest BCUT2D eigenvalue weighted by atomic mass is 10.2. The van der Waals surface area contributed by atoms with Crippen molar-refractivity contribution >= 4 is 12.1 Å². The third-order valence-corrected chi connectivity index (χ3v) is 2.15. The number of rotatable bonds is 5. The Morgan fingerprint density at radius 3 is 2.35 bits per heavy atom. The van der Waals surface area contributed by atoms with Crippen molar-refractivity contribution in [3.63, 3.8) is 0 Å². The van der Waals surface area contributed by atoms with Gasteiger partial charge in [-0.15, -0.1) is 0 Å². The van der Waals surface area contributed by atoms with Gasteiger partial charge in [-0.2, -0.15) is 0 Å². The van der Waals surface area contributed by atoms with E-state index >= 15 is 0 Å². The van der Waals surface area contributed by atoms with Gasteiger partial charge in [0, 0.05) is 13.1 Å². The van der Waals surface area contributed by atoms with Crippen molar-refractivity contribution in [1.82, 2.24) is 10.2 Å². The van der Waals surface area contributed by atoms with Crippen molar-refractivity contribution in [2.75, 3.05) is 20.1 Å². The minimum absolute atomic E-state index is 0.350. The molecule has 1 amide bonds. The molecule has 0 saturated carbocycles. The van der Waals surface area contributed by atoms with Crippen molar-refractivity contribution in [3.8, 4) is 0 Å². The molecule has 1 unspecified atom stereocenters. The summed E-state index contributed by atoms with van der Waals surface area (Å²) < 4.78 is 5.04. The summed E-state index contributed by atoms with van der Waals surface area (Å²) in [4.78, 5) is 23.6. The fourth-order valence-corrected chi connectivity index (χ4v) is 1.03. The van der Waals surface area contributed by atoms with Gasteiger partial charge in [0.1, 0.15) is 11.6 Å². The van der Waals surface area contributed by atoms with Crippen LogP contribution in [-0.2, 0) is 9.53 Å². The number of hydrogen-bond donors (Lipinski definition) is 2. The first-order valence-corrected chi connectivity index (χ1v) is 5.53. The van der Waals surface area contributed by atoms with Crippen LogP contribution in [0.4, 0.5) is 4.79 Å². The lowest BCUT2D eigenvalue weighted by molar-refractivity contribution is -0.142. The molecule has 0 rings (SSSR count). The second-order valence-electron chi connectivity index (χ2n) is 4.92. The van der Waals surface area contributed by atoms with Crippen molar-refractivity contribution in [2.45, 2.75) is 39.3 Å². The van der Waals surface area contributed by atoms with Gasteiger partial charge in [0.05, 0.1) is 0 Å². The van der Waals surface area contributed by atoms with E-state index in [4.69, 9.17) is 9.84 Å². The predicted molar refractivity (Wildman–Crippen MR) is 64.0 cm³/mol. The minimum atomic E-state index is -0.884. The van der Waals surface area contributed by atoms with E-state index in [2.05, 4.69) is 5.32 Å². The lowest BCUT2D eigenvalue weighted by Gasteiger charge is -2.22. The van der Waals surface area contributed by atoms with Crippen molar-refractivity contribution in [2.24, 2.45) is 0 Å². The number of carbonyl (C=O) groups excluding carboxylic acids is 1. The van der Waals surface area contributed by atoms with E-state index in [1.807, 2.05) is 0 Å². The molecule has 0 aromatic carbocycles. The minimum Gasteiger partial charge on any atom is -0.480 e. The number of carboxylic acids is 1. The maximum atomic E-state index is 11.3. The van der Waals surface area contributed by atoms with Crippen LogP contribution in [0.15, 0.2) is 0 Å².